The molecule has 1 saturated heterocycles. The molecule has 1 fully saturated rings. The Labute approximate surface area is 183 Å². The van der Waals surface area contributed by atoms with Crippen molar-refractivity contribution in [2.24, 2.45) is 10.9 Å². The second kappa shape index (κ2) is 10.5. The van der Waals surface area contributed by atoms with Crippen molar-refractivity contribution in [1.29, 1.82) is 0 Å². The van der Waals surface area contributed by atoms with Crippen LogP contribution in [0, 0.1) is 11.7 Å². The van der Waals surface area contributed by atoms with Crippen LogP contribution in [0.5, 0.6) is 11.5 Å². The molecule has 7 heteroatoms. The van der Waals surface area contributed by atoms with Gasteiger partial charge in [-0.25, -0.2) is 4.39 Å². The highest BCUT2D eigenvalue weighted by Gasteiger charge is 2.22. The summed E-state index contributed by atoms with van der Waals surface area (Å²) >= 11 is 0. The molecule has 6 nitrogen and oxygen atoms in total. The van der Waals surface area contributed by atoms with E-state index >= 15 is 0 Å². The van der Waals surface area contributed by atoms with E-state index in [9.17, 15) is 4.39 Å². The number of rotatable bonds is 6. The third-order valence-corrected chi connectivity index (χ3v) is 5.91. The summed E-state index contributed by atoms with van der Waals surface area (Å²) < 4.78 is 25.6. The number of hydrogen-bond acceptors (Lipinski definition) is 4. The summed E-state index contributed by atoms with van der Waals surface area (Å²) in [5.41, 5.74) is 0.778. The summed E-state index contributed by atoms with van der Waals surface area (Å²) in [6.45, 7) is 4.66. The minimum atomic E-state index is -0.114. The van der Waals surface area contributed by atoms with Crippen molar-refractivity contribution in [2.45, 2.75) is 25.5 Å². The number of nitrogens with zero attached hydrogens (tertiary/aromatic N) is 2. The number of hydrogen-bond donors (Lipinski definition) is 2. The number of guanidine groups is 1. The van der Waals surface area contributed by atoms with Crippen LogP contribution in [0.2, 0.25) is 0 Å². The summed E-state index contributed by atoms with van der Waals surface area (Å²) in [5.74, 6) is 2.82. The Morgan fingerprint density at radius 1 is 1.03 bits per heavy atom. The predicted octanol–water partition coefficient (Wildman–Crippen LogP) is 3.04. The molecule has 0 radical (unpaired) electrons. The first kappa shape index (κ1) is 21.4. The lowest BCUT2D eigenvalue weighted by Gasteiger charge is -2.32. The molecule has 0 amide bonds. The molecule has 0 aromatic heterocycles. The van der Waals surface area contributed by atoms with Crippen LogP contribution in [0.3, 0.4) is 0 Å². The normalized spacial score (nSPS) is 19.8. The Balaban J connectivity index is 1.16. The number of likely N-dealkylation sites (tertiary alicyclic amines) is 1. The summed E-state index contributed by atoms with van der Waals surface area (Å²) in [5, 5.41) is 6.77. The van der Waals surface area contributed by atoms with Crippen LogP contribution in [-0.4, -0.2) is 56.8 Å². The summed E-state index contributed by atoms with van der Waals surface area (Å²) in [7, 11) is 1.78. The molecular weight excluding hydrogens is 395 g/mol. The zero-order valence-electron chi connectivity index (χ0n) is 18.0. The van der Waals surface area contributed by atoms with Gasteiger partial charge in [-0.2, -0.15) is 0 Å². The van der Waals surface area contributed by atoms with E-state index in [4.69, 9.17) is 9.47 Å². The summed E-state index contributed by atoms with van der Waals surface area (Å²) in [6.07, 6.45) is 2.12. The first-order valence-corrected chi connectivity index (χ1v) is 11.0. The van der Waals surface area contributed by atoms with Gasteiger partial charge in [0.05, 0.1) is 6.54 Å². The van der Waals surface area contributed by atoms with Crippen LogP contribution in [0.1, 0.15) is 18.4 Å². The van der Waals surface area contributed by atoms with Gasteiger partial charge in [-0.1, -0.05) is 30.3 Å². The molecule has 1 atom stereocenters. The molecule has 2 N–H and O–H groups in total. The van der Waals surface area contributed by atoms with E-state index in [1.807, 2.05) is 36.4 Å². The van der Waals surface area contributed by atoms with Gasteiger partial charge in [-0.3, -0.25) is 9.89 Å². The van der Waals surface area contributed by atoms with Gasteiger partial charge in [0.15, 0.2) is 17.5 Å². The molecule has 4 rings (SSSR count). The quantitative estimate of drug-likeness (QED) is 0.549. The van der Waals surface area contributed by atoms with Crippen molar-refractivity contribution in [3.63, 3.8) is 0 Å². The van der Waals surface area contributed by atoms with Gasteiger partial charge in [0, 0.05) is 25.7 Å². The highest BCUT2D eigenvalue weighted by molar-refractivity contribution is 5.79. The van der Waals surface area contributed by atoms with Crippen molar-refractivity contribution < 1.29 is 13.9 Å². The molecule has 0 saturated carbocycles. The molecule has 2 aromatic carbocycles. The maximum atomic E-state index is 13.9. The van der Waals surface area contributed by atoms with Gasteiger partial charge >= 0.3 is 0 Å². The van der Waals surface area contributed by atoms with E-state index in [0.29, 0.717) is 25.6 Å². The molecule has 31 heavy (non-hydrogen) atoms. The molecule has 2 aliphatic rings. The first-order valence-electron chi connectivity index (χ1n) is 11.0. The van der Waals surface area contributed by atoms with E-state index in [2.05, 4.69) is 20.5 Å². The van der Waals surface area contributed by atoms with Gasteiger partial charge in [0.2, 0.25) is 0 Å². The lowest BCUT2D eigenvalue weighted by atomic mass is 9.96. The first-order chi connectivity index (χ1) is 15.2. The van der Waals surface area contributed by atoms with Crippen molar-refractivity contribution >= 4 is 5.96 Å². The second-order valence-corrected chi connectivity index (χ2v) is 8.14. The van der Waals surface area contributed by atoms with Crippen molar-refractivity contribution in [3.05, 3.63) is 59.9 Å². The largest absolute Gasteiger partial charge is 0.486 e. The van der Waals surface area contributed by atoms with E-state index in [-0.39, 0.29) is 11.9 Å². The van der Waals surface area contributed by atoms with Crippen LogP contribution < -0.4 is 20.1 Å². The van der Waals surface area contributed by atoms with Gasteiger partial charge in [-0.05, 0) is 50.0 Å². The minimum absolute atomic E-state index is 0.0601. The standard InChI is InChI=1S/C24H31FN4O2/c1-26-24(28-15-20-17-30-22-8-4-5-9-23(22)31-20)27-14-18-10-12-29(13-11-18)16-19-6-2-3-7-21(19)25/h2-9,18,20H,10-17H2,1H3,(H2,26,27,28). The molecular formula is C24H31FN4O2. The molecule has 1 unspecified atom stereocenters. The number of aliphatic imine (C=N–C) groups is 1. The Kier molecular flexibility index (Phi) is 7.25. The average molecular weight is 427 g/mol. The zero-order chi connectivity index (χ0) is 21.5. The van der Waals surface area contributed by atoms with Crippen molar-refractivity contribution in [1.82, 2.24) is 15.5 Å². The molecule has 2 heterocycles. The molecule has 166 valence electrons. The molecule has 0 spiro atoms. The highest BCUT2D eigenvalue weighted by atomic mass is 19.1. The second-order valence-electron chi connectivity index (χ2n) is 8.14. The maximum Gasteiger partial charge on any atom is 0.191 e. The number of fused-ring (bicyclic) bond motifs is 1. The fraction of sp³-hybridized carbons (Fsp3) is 0.458. The average Bonchev–Trinajstić information content (AvgIpc) is 2.81. The van der Waals surface area contributed by atoms with Crippen LogP contribution in [0.15, 0.2) is 53.5 Å². The molecule has 2 aliphatic heterocycles. The summed E-state index contributed by atoms with van der Waals surface area (Å²) in [6, 6.07) is 14.8. The minimum Gasteiger partial charge on any atom is -0.486 e. The zero-order valence-corrected chi connectivity index (χ0v) is 18.0. The topological polar surface area (TPSA) is 58.1 Å². The molecule has 2 aromatic rings. The van der Waals surface area contributed by atoms with E-state index in [0.717, 1.165) is 55.5 Å². The van der Waals surface area contributed by atoms with Crippen molar-refractivity contribution in [3.8, 4) is 11.5 Å². The maximum absolute atomic E-state index is 13.9. The number of piperidine rings is 1. The number of halogens is 1. The molecule has 0 aliphatic carbocycles. The van der Waals surface area contributed by atoms with Crippen molar-refractivity contribution in [2.75, 3.05) is 39.8 Å². The Morgan fingerprint density at radius 3 is 2.52 bits per heavy atom. The SMILES string of the molecule is CN=C(NCC1CCN(Cc2ccccc2F)CC1)NCC1COc2ccccc2O1. The predicted molar refractivity (Wildman–Crippen MR) is 120 cm³/mol. The smallest absolute Gasteiger partial charge is 0.191 e. The lowest BCUT2D eigenvalue weighted by Crippen LogP contribution is -2.47. The number of nitrogens with one attached hydrogen (secondary N) is 2. The van der Waals surface area contributed by atoms with Gasteiger partial charge < -0.3 is 20.1 Å². The third-order valence-electron chi connectivity index (χ3n) is 5.91. The van der Waals surface area contributed by atoms with E-state index in [1.165, 1.54) is 6.07 Å². The fourth-order valence-corrected chi connectivity index (χ4v) is 4.05. The monoisotopic (exact) mass is 426 g/mol. The van der Waals surface area contributed by atoms with Crippen LogP contribution in [-0.2, 0) is 6.54 Å². The Hall–Kier alpha value is -2.80. The lowest BCUT2D eigenvalue weighted by molar-refractivity contribution is 0.0935. The fourth-order valence-electron chi connectivity index (χ4n) is 4.05. The van der Waals surface area contributed by atoms with Gasteiger partial charge in [0.1, 0.15) is 18.5 Å². The number of para-hydroxylation sites is 2. The van der Waals surface area contributed by atoms with Gasteiger partial charge in [0.25, 0.3) is 0 Å². The third kappa shape index (κ3) is 5.88. The van der Waals surface area contributed by atoms with Crippen LogP contribution in [0.4, 0.5) is 4.39 Å². The van der Waals surface area contributed by atoms with E-state index in [1.54, 1.807) is 13.1 Å². The summed E-state index contributed by atoms with van der Waals surface area (Å²) in [4.78, 5) is 6.66. The van der Waals surface area contributed by atoms with Gasteiger partial charge in [-0.15, -0.1) is 0 Å². The van der Waals surface area contributed by atoms with Crippen LogP contribution in [0.25, 0.3) is 0 Å². The Bertz CT molecular complexity index is 883. The molecule has 0 bridgehead atoms. The highest BCUT2D eigenvalue weighted by Crippen LogP contribution is 2.30. The number of ether oxygens (including phenoxy) is 2. The number of benzene rings is 2. The Morgan fingerprint density at radius 2 is 1.74 bits per heavy atom. The van der Waals surface area contributed by atoms with Crippen LogP contribution >= 0.6 is 0 Å². The van der Waals surface area contributed by atoms with E-state index < -0.39 is 0 Å².